The number of nitrogen functional groups attached to an aromatic ring is 1. The highest BCUT2D eigenvalue weighted by Crippen LogP contribution is 2.45. The summed E-state index contributed by atoms with van der Waals surface area (Å²) in [5.41, 5.74) is 2.06. The molecule has 0 fully saturated rings. The van der Waals surface area contributed by atoms with Gasteiger partial charge in [-0.1, -0.05) is 25.7 Å². The molecule has 0 saturated heterocycles. The Kier molecular flexibility index (Phi) is 6.43. The molecule has 0 saturated carbocycles. The lowest BCUT2D eigenvalue weighted by atomic mass is 9.73. The van der Waals surface area contributed by atoms with E-state index in [2.05, 4.69) is 16.8 Å². The average molecular weight is 410 g/mol. The van der Waals surface area contributed by atoms with Crippen molar-refractivity contribution in [2.45, 2.75) is 43.9 Å². The van der Waals surface area contributed by atoms with Crippen LogP contribution in [0.1, 0.15) is 37.8 Å². The highest BCUT2D eigenvalue weighted by atomic mass is 19.4. The van der Waals surface area contributed by atoms with Gasteiger partial charge in [-0.3, -0.25) is 4.98 Å². The summed E-state index contributed by atoms with van der Waals surface area (Å²) >= 11 is 0. The first-order valence-corrected chi connectivity index (χ1v) is 8.71. The van der Waals surface area contributed by atoms with Gasteiger partial charge in [-0.05, 0) is 36.1 Å². The summed E-state index contributed by atoms with van der Waals surface area (Å²) in [6.07, 6.45) is -3.83. The summed E-state index contributed by atoms with van der Waals surface area (Å²) in [5.74, 6) is 4.49. The minimum atomic E-state index is -4.96. The van der Waals surface area contributed by atoms with Gasteiger partial charge in [0.1, 0.15) is 11.6 Å². The molecule has 8 heteroatoms. The van der Waals surface area contributed by atoms with Crippen molar-refractivity contribution in [3.8, 4) is 17.6 Å². The van der Waals surface area contributed by atoms with E-state index in [-0.39, 0.29) is 22.6 Å². The molecule has 0 bridgehead atoms. The van der Waals surface area contributed by atoms with Crippen molar-refractivity contribution in [3.63, 3.8) is 0 Å². The lowest BCUT2D eigenvalue weighted by molar-refractivity contribution is -0.264. The van der Waals surface area contributed by atoms with Crippen molar-refractivity contribution in [1.82, 2.24) is 4.98 Å². The summed E-state index contributed by atoms with van der Waals surface area (Å²) in [4.78, 5) is 3.82. The second-order valence-electron chi connectivity index (χ2n) is 7.38. The van der Waals surface area contributed by atoms with E-state index < -0.39 is 35.9 Å². The number of pyridine rings is 1. The summed E-state index contributed by atoms with van der Waals surface area (Å²) in [7, 11) is 1.34. The van der Waals surface area contributed by atoms with Crippen molar-refractivity contribution in [2.24, 2.45) is 0 Å². The molecular formula is C21H22F4N2O2. The Labute approximate surface area is 166 Å². The van der Waals surface area contributed by atoms with Crippen molar-refractivity contribution in [1.29, 1.82) is 0 Å². The topological polar surface area (TPSA) is 68.4 Å². The molecule has 2 aromatic rings. The fraction of sp³-hybridized carbons (Fsp3) is 0.381. The molecule has 1 heterocycles. The minimum Gasteiger partial charge on any atom is -0.496 e. The number of alkyl halides is 3. The van der Waals surface area contributed by atoms with Crippen LogP contribution in [0.5, 0.6) is 5.75 Å². The van der Waals surface area contributed by atoms with E-state index in [1.807, 2.05) is 0 Å². The largest absolute Gasteiger partial charge is 0.496 e. The fourth-order valence-corrected chi connectivity index (χ4v) is 3.09. The summed E-state index contributed by atoms with van der Waals surface area (Å²) < 4.78 is 60.2. The zero-order valence-electron chi connectivity index (χ0n) is 16.3. The minimum absolute atomic E-state index is 0.215. The van der Waals surface area contributed by atoms with Gasteiger partial charge < -0.3 is 15.6 Å². The number of nitrogens with zero attached hydrogens (tertiary/aromatic N) is 1. The van der Waals surface area contributed by atoms with Crippen LogP contribution in [0.25, 0.3) is 0 Å². The van der Waals surface area contributed by atoms with Crippen molar-refractivity contribution < 1.29 is 27.4 Å². The third-order valence-corrected chi connectivity index (χ3v) is 4.61. The number of hydrogen-bond acceptors (Lipinski definition) is 4. The maximum absolute atomic E-state index is 13.8. The number of ether oxygens (including phenoxy) is 1. The Hall–Kier alpha value is -2.79. The lowest BCUT2D eigenvalue weighted by Gasteiger charge is -2.37. The van der Waals surface area contributed by atoms with E-state index in [9.17, 15) is 22.7 Å². The first-order valence-electron chi connectivity index (χ1n) is 8.71. The molecule has 156 valence electrons. The van der Waals surface area contributed by atoms with Gasteiger partial charge in [0, 0.05) is 24.4 Å². The van der Waals surface area contributed by atoms with E-state index in [1.165, 1.54) is 45.5 Å². The molecule has 1 aromatic heterocycles. The second-order valence-corrected chi connectivity index (χ2v) is 7.38. The summed E-state index contributed by atoms with van der Waals surface area (Å²) in [5, 5.41) is 10.5. The number of hydrogen-bond donors (Lipinski definition) is 2. The molecule has 3 N–H and O–H groups in total. The fourth-order valence-electron chi connectivity index (χ4n) is 3.09. The first kappa shape index (κ1) is 22.5. The highest BCUT2D eigenvalue weighted by Gasteiger charge is 2.55. The maximum Gasteiger partial charge on any atom is 0.418 e. The number of aromatic nitrogens is 1. The van der Waals surface area contributed by atoms with Gasteiger partial charge in [0.05, 0.1) is 18.4 Å². The van der Waals surface area contributed by atoms with Gasteiger partial charge in [-0.15, -0.1) is 0 Å². The molecule has 29 heavy (non-hydrogen) atoms. The molecule has 1 aromatic carbocycles. The molecule has 1 atom stereocenters. The van der Waals surface area contributed by atoms with Crippen LogP contribution >= 0.6 is 0 Å². The molecule has 1 unspecified atom stereocenters. The zero-order valence-corrected chi connectivity index (χ0v) is 16.3. The van der Waals surface area contributed by atoms with Crippen LogP contribution < -0.4 is 10.5 Å². The van der Waals surface area contributed by atoms with Crippen molar-refractivity contribution in [2.75, 3.05) is 12.8 Å². The highest BCUT2D eigenvalue weighted by molar-refractivity contribution is 5.53. The Bertz CT molecular complexity index is 932. The maximum atomic E-state index is 13.8. The van der Waals surface area contributed by atoms with Crippen LogP contribution in [0.15, 0.2) is 36.7 Å². The number of halogens is 4. The van der Waals surface area contributed by atoms with E-state index >= 15 is 0 Å². The number of anilines is 1. The standard InChI is InChI=1S/C21H22F4N2O2/c1-19(2,16-11-15(22)6-7-18(16)29-3)13-20(28,21(23,24)25)9-4-5-14-12-27-10-8-17(14)26/h6-8,10-12,28H,9,13H2,1-3H3,(H2,26,27). The number of rotatable bonds is 5. The third kappa shape index (κ3) is 5.18. The number of nitrogens with two attached hydrogens (primary N) is 1. The van der Waals surface area contributed by atoms with Crippen LogP contribution in [0, 0.1) is 17.7 Å². The van der Waals surface area contributed by atoms with Crippen LogP contribution in [-0.2, 0) is 5.41 Å². The smallest absolute Gasteiger partial charge is 0.418 e. The number of aliphatic hydroxyl groups is 1. The first-order chi connectivity index (χ1) is 13.4. The van der Waals surface area contributed by atoms with Gasteiger partial charge in [-0.25, -0.2) is 4.39 Å². The van der Waals surface area contributed by atoms with E-state index in [0.29, 0.717) is 0 Å². The predicted molar refractivity (Wildman–Crippen MR) is 102 cm³/mol. The van der Waals surface area contributed by atoms with Crippen LogP contribution in [0.4, 0.5) is 23.2 Å². The monoisotopic (exact) mass is 410 g/mol. The molecule has 0 aliphatic carbocycles. The van der Waals surface area contributed by atoms with E-state index in [4.69, 9.17) is 10.5 Å². The molecule has 0 radical (unpaired) electrons. The lowest BCUT2D eigenvalue weighted by Crippen LogP contribution is -2.49. The van der Waals surface area contributed by atoms with Gasteiger partial charge in [0.15, 0.2) is 5.60 Å². The zero-order chi connectivity index (χ0) is 21.9. The predicted octanol–water partition coefficient (Wildman–Crippen LogP) is 4.21. The van der Waals surface area contributed by atoms with Gasteiger partial charge in [0.2, 0.25) is 0 Å². The van der Waals surface area contributed by atoms with Crippen LogP contribution in [-0.4, -0.2) is 29.0 Å². The second kappa shape index (κ2) is 8.29. The van der Waals surface area contributed by atoms with E-state index in [1.54, 1.807) is 0 Å². The Morgan fingerprint density at radius 2 is 1.90 bits per heavy atom. The molecular weight excluding hydrogens is 388 g/mol. The molecule has 0 aliphatic rings. The quantitative estimate of drug-likeness (QED) is 0.572. The van der Waals surface area contributed by atoms with Crippen molar-refractivity contribution in [3.05, 3.63) is 53.6 Å². The van der Waals surface area contributed by atoms with Gasteiger partial charge in [0.25, 0.3) is 0 Å². The summed E-state index contributed by atoms with van der Waals surface area (Å²) in [6, 6.07) is 5.07. The average Bonchev–Trinajstić information content (AvgIpc) is 2.62. The Morgan fingerprint density at radius 3 is 2.48 bits per heavy atom. The Balaban J connectivity index is 2.38. The number of methoxy groups -OCH3 is 1. The SMILES string of the molecule is COc1ccc(F)cc1C(C)(C)CC(O)(CC#Cc1cnccc1N)C(F)(F)F. The van der Waals surface area contributed by atoms with Crippen LogP contribution in [0.2, 0.25) is 0 Å². The third-order valence-electron chi connectivity index (χ3n) is 4.61. The van der Waals surface area contributed by atoms with E-state index in [0.717, 1.165) is 12.1 Å². The molecule has 0 amide bonds. The molecule has 2 rings (SSSR count). The molecule has 4 nitrogen and oxygen atoms in total. The van der Waals surface area contributed by atoms with Gasteiger partial charge >= 0.3 is 6.18 Å². The summed E-state index contributed by atoms with van der Waals surface area (Å²) in [6.45, 7) is 2.96. The van der Waals surface area contributed by atoms with Gasteiger partial charge in [-0.2, -0.15) is 13.2 Å². The molecule has 0 spiro atoms. The number of benzene rings is 1. The normalized spacial score (nSPS) is 13.9. The van der Waals surface area contributed by atoms with Crippen LogP contribution in [0.3, 0.4) is 0 Å². The Morgan fingerprint density at radius 1 is 1.21 bits per heavy atom. The molecule has 0 aliphatic heterocycles. The van der Waals surface area contributed by atoms with Crippen molar-refractivity contribution >= 4 is 5.69 Å².